The zero-order valence-corrected chi connectivity index (χ0v) is 18.1. The number of ether oxygens (including phenoxy) is 1. The van der Waals surface area contributed by atoms with Gasteiger partial charge in [-0.15, -0.1) is 10.2 Å². The Morgan fingerprint density at radius 3 is 2.56 bits per heavy atom. The quantitative estimate of drug-likeness (QED) is 0.612. The van der Waals surface area contributed by atoms with Crippen molar-refractivity contribution in [1.29, 1.82) is 0 Å². The Balaban J connectivity index is 1.24. The Morgan fingerprint density at radius 1 is 1.09 bits per heavy atom. The lowest BCUT2D eigenvalue weighted by Crippen LogP contribution is -2.41. The number of aromatic nitrogens is 2. The van der Waals surface area contributed by atoms with Gasteiger partial charge in [0.1, 0.15) is 11.6 Å². The number of amides is 1. The minimum atomic E-state index is -0.273. The predicted octanol–water partition coefficient (Wildman–Crippen LogP) is 3.87. The van der Waals surface area contributed by atoms with Crippen LogP contribution in [0, 0.1) is 11.7 Å². The number of methoxy groups -OCH3 is 1. The lowest BCUT2D eigenvalue weighted by molar-refractivity contribution is -0.125. The summed E-state index contributed by atoms with van der Waals surface area (Å²) in [7, 11) is 1.65. The van der Waals surface area contributed by atoms with Gasteiger partial charge in [-0.3, -0.25) is 4.79 Å². The normalized spacial score (nSPS) is 14.2. The van der Waals surface area contributed by atoms with Gasteiger partial charge in [-0.25, -0.2) is 4.39 Å². The molecule has 1 fully saturated rings. The number of nitrogens with zero attached hydrogens (tertiary/aromatic N) is 3. The second kappa shape index (κ2) is 10.2. The van der Waals surface area contributed by atoms with E-state index in [4.69, 9.17) is 4.74 Å². The molecule has 32 heavy (non-hydrogen) atoms. The molecular formula is C25H27FN4O2. The van der Waals surface area contributed by atoms with Crippen molar-refractivity contribution < 1.29 is 13.9 Å². The van der Waals surface area contributed by atoms with Crippen LogP contribution in [0.1, 0.15) is 18.4 Å². The summed E-state index contributed by atoms with van der Waals surface area (Å²) in [4.78, 5) is 14.7. The molecule has 166 valence electrons. The molecule has 1 amide bonds. The fourth-order valence-corrected chi connectivity index (χ4v) is 3.94. The van der Waals surface area contributed by atoms with Gasteiger partial charge in [-0.2, -0.15) is 0 Å². The molecule has 1 aromatic heterocycles. The Morgan fingerprint density at radius 2 is 1.88 bits per heavy atom. The van der Waals surface area contributed by atoms with E-state index in [0.29, 0.717) is 12.2 Å². The van der Waals surface area contributed by atoms with Gasteiger partial charge in [0.25, 0.3) is 0 Å². The maximum atomic E-state index is 13.1. The molecule has 0 radical (unpaired) electrons. The number of halogens is 1. The summed E-state index contributed by atoms with van der Waals surface area (Å²) >= 11 is 0. The Hall–Kier alpha value is -3.48. The van der Waals surface area contributed by atoms with E-state index < -0.39 is 0 Å². The zero-order chi connectivity index (χ0) is 22.3. The van der Waals surface area contributed by atoms with Crippen LogP contribution in [0.3, 0.4) is 0 Å². The molecular weight excluding hydrogens is 407 g/mol. The summed E-state index contributed by atoms with van der Waals surface area (Å²) in [6, 6.07) is 17.9. The fraction of sp³-hybridized carbons (Fsp3) is 0.320. The van der Waals surface area contributed by atoms with Crippen LogP contribution in [0.4, 0.5) is 10.2 Å². The van der Waals surface area contributed by atoms with E-state index in [9.17, 15) is 9.18 Å². The average Bonchev–Trinajstić information content (AvgIpc) is 2.85. The van der Waals surface area contributed by atoms with Gasteiger partial charge in [0.2, 0.25) is 5.91 Å². The molecule has 0 aliphatic carbocycles. The molecule has 4 rings (SSSR count). The highest BCUT2D eigenvalue weighted by Gasteiger charge is 2.25. The van der Waals surface area contributed by atoms with Crippen molar-refractivity contribution in [3.05, 3.63) is 72.0 Å². The maximum absolute atomic E-state index is 13.1. The molecule has 1 N–H and O–H groups in total. The van der Waals surface area contributed by atoms with Gasteiger partial charge in [0, 0.05) is 31.1 Å². The van der Waals surface area contributed by atoms with Gasteiger partial charge in [0.05, 0.1) is 12.8 Å². The van der Waals surface area contributed by atoms with E-state index in [1.165, 1.54) is 12.1 Å². The minimum Gasteiger partial charge on any atom is -0.497 e. The standard InChI is InChI=1S/C25H27FN4O2/c1-32-22-4-2-3-18(17-22)11-14-27-25(31)20-12-15-30(16-13-20)24-10-9-23(28-29-24)19-5-7-21(26)8-6-19/h2-10,17,20H,11-16H2,1H3,(H,27,31). The first kappa shape index (κ1) is 21.7. The summed E-state index contributed by atoms with van der Waals surface area (Å²) < 4.78 is 18.3. The Labute approximate surface area is 187 Å². The van der Waals surface area contributed by atoms with Crippen molar-refractivity contribution in [3.63, 3.8) is 0 Å². The van der Waals surface area contributed by atoms with Crippen molar-refractivity contribution in [2.45, 2.75) is 19.3 Å². The maximum Gasteiger partial charge on any atom is 0.223 e. The van der Waals surface area contributed by atoms with Crippen LogP contribution < -0.4 is 15.0 Å². The van der Waals surface area contributed by atoms with Crippen molar-refractivity contribution in [2.24, 2.45) is 5.92 Å². The largest absolute Gasteiger partial charge is 0.497 e. The van der Waals surface area contributed by atoms with Crippen molar-refractivity contribution >= 4 is 11.7 Å². The van der Waals surface area contributed by atoms with Crippen molar-refractivity contribution in [2.75, 3.05) is 31.6 Å². The van der Waals surface area contributed by atoms with E-state index in [0.717, 1.165) is 55.0 Å². The molecule has 7 heteroatoms. The monoisotopic (exact) mass is 434 g/mol. The van der Waals surface area contributed by atoms with Gasteiger partial charge < -0.3 is 15.0 Å². The highest BCUT2D eigenvalue weighted by atomic mass is 19.1. The SMILES string of the molecule is COc1cccc(CCNC(=O)C2CCN(c3ccc(-c4ccc(F)cc4)nn3)CC2)c1. The van der Waals surface area contributed by atoms with E-state index in [1.807, 2.05) is 36.4 Å². The van der Waals surface area contributed by atoms with Crippen LogP contribution in [-0.2, 0) is 11.2 Å². The van der Waals surface area contributed by atoms with Crippen LogP contribution in [0.2, 0.25) is 0 Å². The van der Waals surface area contributed by atoms with E-state index in [-0.39, 0.29) is 17.6 Å². The second-order valence-corrected chi connectivity index (χ2v) is 7.94. The van der Waals surface area contributed by atoms with Crippen LogP contribution in [0.25, 0.3) is 11.3 Å². The second-order valence-electron chi connectivity index (χ2n) is 7.94. The van der Waals surface area contributed by atoms with Gasteiger partial charge >= 0.3 is 0 Å². The summed E-state index contributed by atoms with van der Waals surface area (Å²) in [5.41, 5.74) is 2.68. The molecule has 2 heterocycles. The number of hydrogen-bond acceptors (Lipinski definition) is 5. The molecule has 0 bridgehead atoms. The molecule has 0 spiro atoms. The van der Waals surface area contributed by atoms with Crippen LogP contribution >= 0.6 is 0 Å². The zero-order valence-electron chi connectivity index (χ0n) is 18.1. The third-order valence-electron chi connectivity index (χ3n) is 5.83. The highest BCUT2D eigenvalue weighted by molar-refractivity contribution is 5.79. The topological polar surface area (TPSA) is 67.3 Å². The lowest BCUT2D eigenvalue weighted by atomic mass is 9.96. The molecule has 6 nitrogen and oxygen atoms in total. The highest BCUT2D eigenvalue weighted by Crippen LogP contribution is 2.24. The van der Waals surface area contributed by atoms with Crippen molar-refractivity contribution in [3.8, 4) is 17.0 Å². The third-order valence-corrected chi connectivity index (χ3v) is 5.83. The number of rotatable bonds is 7. The molecule has 0 atom stereocenters. The number of anilines is 1. The Kier molecular flexibility index (Phi) is 6.94. The van der Waals surface area contributed by atoms with E-state index in [1.54, 1.807) is 19.2 Å². The van der Waals surface area contributed by atoms with Crippen molar-refractivity contribution in [1.82, 2.24) is 15.5 Å². The smallest absolute Gasteiger partial charge is 0.223 e. The molecule has 1 aliphatic rings. The first-order valence-corrected chi connectivity index (χ1v) is 10.9. The number of benzene rings is 2. The van der Waals surface area contributed by atoms with Gasteiger partial charge in [0.15, 0.2) is 5.82 Å². The summed E-state index contributed by atoms with van der Waals surface area (Å²) in [5.74, 6) is 1.49. The first-order chi connectivity index (χ1) is 15.6. The molecule has 2 aromatic carbocycles. The lowest BCUT2D eigenvalue weighted by Gasteiger charge is -2.31. The summed E-state index contributed by atoms with van der Waals surface area (Å²) in [6.07, 6.45) is 2.34. The molecule has 1 aliphatic heterocycles. The third kappa shape index (κ3) is 5.41. The van der Waals surface area contributed by atoms with E-state index >= 15 is 0 Å². The summed E-state index contributed by atoms with van der Waals surface area (Å²) in [6.45, 7) is 2.14. The predicted molar refractivity (Wildman–Crippen MR) is 122 cm³/mol. The van der Waals surface area contributed by atoms with Crippen LogP contribution in [0.15, 0.2) is 60.7 Å². The number of carbonyl (C=O) groups is 1. The van der Waals surface area contributed by atoms with Gasteiger partial charge in [-0.05, 0) is 73.4 Å². The number of hydrogen-bond donors (Lipinski definition) is 1. The number of carbonyl (C=O) groups excluding carboxylic acids is 1. The molecule has 0 unspecified atom stereocenters. The van der Waals surface area contributed by atoms with Crippen LogP contribution in [-0.4, -0.2) is 42.8 Å². The molecule has 1 saturated heterocycles. The average molecular weight is 435 g/mol. The van der Waals surface area contributed by atoms with Crippen LogP contribution in [0.5, 0.6) is 5.75 Å². The van der Waals surface area contributed by atoms with E-state index in [2.05, 4.69) is 20.4 Å². The molecule has 3 aromatic rings. The fourth-order valence-electron chi connectivity index (χ4n) is 3.94. The summed E-state index contributed by atoms with van der Waals surface area (Å²) in [5, 5.41) is 11.7. The Bertz CT molecular complexity index is 1030. The molecule has 0 saturated carbocycles. The minimum absolute atomic E-state index is 0.0167. The number of nitrogens with one attached hydrogen (secondary N) is 1. The first-order valence-electron chi connectivity index (χ1n) is 10.9. The number of piperidine rings is 1. The van der Waals surface area contributed by atoms with Gasteiger partial charge in [-0.1, -0.05) is 12.1 Å².